The van der Waals surface area contributed by atoms with Gasteiger partial charge < -0.3 is 14.8 Å². The number of halogens is 1. The first-order valence-electron chi connectivity index (χ1n) is 6.95. The van der Waals surface area contributed by atoms with E-state index in [9.17, 15) is 9.59 Å². The minimum Gasteiger partial charge on any atom is -0.490 e. The number of carbonyl (C=O) groups excluding carboxylic acids is 2. The van der Waals surface area contributed by atoms with Crippen LogP contribution in [0.4, 0.5) is 0 Å². The Hall–Kier alpha value is -1.56. The molecule has 0 bridgehead atoms. The third-order valence-electron chi connectivity index (χ3n) is 3.10. The predicted octanol–water partition coefficient (Wildman–Crippen LogP) is 2.57. The highest BCUT2D eigenvalue weighted by atomic mass is 79.9. The van der Waals surface area contributed by atoms with E-state index in [1.54, 1.807) is 12.1 Å². The van der Waals surface area contributed by atoms with Crippen LogP contribution in [0.3, 0.4) is 0 Å². The van der Waals surface area contributed by atoms with Crippen molar-refractivity contribution in [2.45, 2.75) is 19.8 Å². The van der Waals surface area contributed by atoms with Gasteiger partial charge in [0.1, 0.15) is 6.29 Å². The maximum Gasteiger partial charge on any atom is 0.257 e. The fraction of sp³-hybridized carbons (Fsp3) is 0.467. The first-order chi connectivity index (χ1) is 10.1. The van der Waals surface area contributed by atoms with Crippen LogP contribution in [0.15, 0.2) is 16.6 Å². The number of aldehydes is 1. The molecule has 5 nitrogen and oxygen atoms in total. The molecule has 1 amide bonds. The van der Waals surface area contributed by atoms with Crippen LogP contribution in [-0.4, -0.2) is 32.0 Å². The summed E-state index contributed by atoms with van der Waals surface area (Å²) in [5, 5.41) is 2.83. The maximum absolute atomic E-state index is 11.7. The minimum atomic E-state index is -0.157. The Labute approximate surface area is 132 Å². The molecular formula is C15H18BrNO4. The van der Waals surface area contributed by atoms with Gasteiger partial charge in [0.15, 0.2) is 18.1 Å². The number of hydrogen-bond acceptors (Lipinski definition) is 4. The molecule has 6 heteroatoms. The van der Waals surface area contributed by atoms with Crippen molar-refractivity contribution < 1.29 is 19.1 Å². The summed E-state index contributed by atoms with van der Waals surface area (Å²) in [7, 11) is 0. The van der Waals surface area contributed by atoms with E-state index in [1.165, 1.54) is 12.8 Å². The predicted molar refractivity (Wildman–Crippen MR) is 81.9 cm³/mol. The van der Waals surface area contributed by atoms with Crippen molar-refractivity contribution in [1.82, 2.24) is 5.32 Å². The molecule has 0 aliphatic heterocycles. The maximum atomic E-state index is 11.7. The average Bonchev–Trinajstić information content (AvgIpc) is 3.28. The molecule has 21 heavy (non-hydrogen) atoms. The summed E-state index contributed by atoms with van der Waals surface area (Å²) in [6.07, 6.45) is 3.11. The highest BCUT2D eigenvalue weighted by Gasteiger charge is 2.22. The van der Waals surface area contributed by atoms with Crippen molar-refractivity contribution in [2.24, 2.45) is 5.92 Å². The Morgan fingerprint density at radius 3 is 2.81 bits per heavy atom. The molecular weight excluding hydrogens is 338 g/mol. The van der Waals surface area contributed by atoms with E-state index >= 15 is 0 Å². The van der Waals surface area contributed by atoms with Gasteiger partial charge in [-0.2, -0.15) is 0 Å². The van der Waals surface area contributed by atoms with Gasteiger partial charge in [-0.15, -0.1) is 0 Å². The molecule has 1 aromatic rings. The zero-order valence-corrected chi connectivity index (χ0v) is 13.4. The summed E-state index contributed by atoms with van der Waals surface area (Å²) in [4.78, 5) is 22.6. The third-order valence-corrected chi connectivity index (χ3v) is 3.69. The van der Waals surface area contributed by atoms with Gasteiger partial charge in [0.05, 0.1) is 11.1 Å². The molecule has 0 aromatic heterocycles. The first-order valence-corrected chi connectivity index (χ1v) is 7.74. The van der Waals surface area contributed by atoms with Crippen molar-refractivity contribution in [2.75, 3.05) is 19.8 Å². The van der Waals surface area contributed by atoms with E-state index in [-0.39, 0.29) is 12.5 Å². The van der Waals surface area contributed by atoms with E-state index in [0.29, 0.717) is 40.6 Å². The zero-order valence-electron chi connectivity index (χ0n) is 11.9. The first kappa shape index (κ1) is 15.8. The van der Waals surface area contributed by atoms with Crippen molar-refractivity contribution in [3.63, 3.8) is 0 Å². The number of amides is 1. The van der Waals surface area contributed by atoms with Crippen LogP contribution in [0.5, 0.6) is 11.5 Å². The quantitative estimate of drug-likeness (QED) is 0.727. The molecule has 0 radical (unpaired) electrons. The van der Waals surface area contributed by atoms with E-state index < -0.39 is 0 Å². The standard InChI is InChI=1S/C15H18BrNO4/c1-2-20-13-6-11(8-18)5-12(16)15(13)21-9-14(19)17-7-10-3-4-10/h5-6,8,10H,2-4,7,9H2,1H3,(H,17,19). The summed E-state index contributed by atoms with van der Waals surface area (Å²) in [6, 6.07) is 3.23. The van der Waals surface area contributed by atoms with Crippen LogP contribution in [0.1, 0.15) is 30.1 Å². The molecule has 114 valence electrons. The van der Waals surface area contributed by atoms with Crippen molar-refractivity contribution in [1.29, 1.82) is 0 Å². The van der Waals surface area contributed by atoms with Gasteiger partial charge in [0.25, 0.3) is 5.91 Å². The molecule has 1 N–H and O–H groups in total. The number of nitrogens with one attached hydrogen (secondary N) is 1. The number of rotatable bonds is 8. The molecule has 1 aliphatic rings. The molecule has 1 saturated carbocycles. The Morgan fingerprint density at radius 2 is 2.19 bits per heavy atom. The highest BCUT2D eigenvalue weighted by molar-refractivity contribution is 9.10. The summed E-state index contributed by atoms with van der Waals surface area (Å²) >= 11 is 3.34. The average molecular weight is 356 g/mol. The van der Waals surface area contributed by atoms with Crippen LogP contribution in [0, 0.1) is 5.92 Å². The van der Waals surface area contributed by atoms with E-state index in [0.717, 1.165) is 6.29 Å². The van der Waals surface area contributed by atoms with Crippen molar-refractivity contribution in [3.8, 4) is 11.5 Å². The van der Waals surface area contributed by atoms with Crippen LogP contribution in [-0.2, 0) is 4.79 Å². The Balaban J connectivity index is 1.99. The van der Waals surface area contributed by atoms with Gasteiger partial charge in [-0.25, -0.2) is 0 Å². The molecule has 0 unspecified atom stereocenters. The van der Waals surface area contributed by atoms with Crippen LogP contribution < -0.4 is 14.8 Å². The van der Waals surface area contributed by atoms with Crippen LogP contribution in [0.25, 0.3) is 0 Å². The fourth-order valence-electron chi connectivity index (χ4n) is 1.83. The molecule has 0 saturated heterocycles. The largest absolute Gasteiger partial charge is 0.490 e. The lowest BCUT2D eigenvalue weighted by Crippen LogP contribution is -2.30. The fourth-order valence-corrected chi connectivity index (χ4v) is 2.40. The Kier molecular flexibility index (Phi) is 5.61. The summed E-state index contributed by atoms with van der Waals surface area (Å²) < 4.78 is 11.6. The summed E-state index contributed by atoms with van der Waals surface area (Å²) in [5.41, 5.74) is 0.482. The molecule has 1 aromatic carbocycles. The zero-order chi connectivity index (χ0) is 15.2. The van der Waals surface area contributed by atoms with Gasteiger partial charge in [0, 0.05) is 12.1 Å². The lowest BCUT2D eigenvalue weighted by atomic mass is 10.2. The van der Waals surface area contributed by atoms with Gasteiger partial charge in [-0.3, -0.25) is 9.59 Å². The Morgan fingerprint density at radius 1 is 1.43 bits per heavy atom. The lowest BCUT2D eigenvalue weighted by Gasteiger charge is -2.14. The molecule has 1 fully saturated rings. The van der Waals surface area contributed by atoms with E-state index in [1.807, 2.05) is 6.92 Å². The second kappa shape index (κ2) is 7.45. The number of ether oxygens (including phenoxy) is 2. The van der Waals surface area contributed by atoms with Crippen molar-refractivity contribution >= 4 is 28.1 Å². The number of hydrogen-bond donors (Lipinski definition) is 1. The molecule has 0 spiro atoms. The topological polar surface area (TPSA) is 64.6 Å². The number of benzene rings is 1. The summed E-state index contributed by atoms with van der Waals surface area (Å²) in [6.45, 7) is 2.92. The van der Waals surface area contributed by atoms with Gasteiger partial charge in [-0.05, 0) is 53.7 Å². The second-order valence-corrected chi connectivity index (χ2v) is 5.77. The molecule has 0 heterocycles. The SMILES string of the molecule is CCOc1cc(C=O)cc(Br)c1OCC(=O)NCC1CC1. The van der Waals surface area contributed by atoms with Gasteiger partial charge in [0.2, 0.25) is 0 Å². The summed E-state index contributed by atoms with van der Waals surface area (Å²) in [5.74, 6) is 1.36. The monoisotopic (exact) mass is 355 g/mol. The minimum absolute atomic E-state index is 0.0775. The van der Waals surface area contributed by atoms with Gasteiger partial charge >= 0.3 is 0 Å². The highest BCUT2D eigenvalue weighted by Crippen LogP contribution is 2.36. The van der Waals surface area contributed by atoms with Crippen molar-refractivity contribution in [3.05, 3.63) is 22.2 Å². The molecule has 0 atom stereocenters. The van der Waals surface area contributed by atoms with Gasteiger partial charge in [-0.1, -0.05) is 0 Å². The smallest absolute Gasteiger partial charge is 0.257 e. The Bertz CT molecular complexity index is 529. The van der Waals surface area contributed by atoms with E-state index in [2.05, 4.69) is 21.2 Å². The third kappa shape index (κ3) is 4.74. The normalized spacial score (nSPS) is 13.6. The second-order valence-electron chi connectivity index (χ2n) is 4.92. The lowest BCUT2D eigenvalue weighted by molar-refractivity contribution is -0.123. The van der Waals surface area contributed by atoms with Crippen LogP contribution >= 0.6 is 15.9 Å². The van der Waals surface area contributed by atoms with Crippen LogP contribution in [0.2, 0.25) is 0 Å². The van der Waals surface area contributed by atoms with E-state index in [4.69, 9.17) is 9.47 Å². The molecule has 2 rings (SSSR count). The molecule has 1 aliphatic carbocycles. The number of carbonyl (C=O) groups is 2.